The minimum atomic E-state index is -0.889. The van der Waals surface area contributed by atoms with Crippen molar-refractivity contribution < 1.29 is 19.2 Å². The van der Waals surface area contributed by atoms with Gasteiger partial charge in [0.2, 0.25) is 0 Å². The summed E-state index contributed by atoms with van der Waals surface area (Å²) in [5.41, 5.74) is 7.42. The molecular weight excluding hydrogens is 252 g/mol. The number of hydrogen-bond acceptors (Lipinski definition) is 5. The minimum Gasteiger partial charge on any atom is -0.444 e. The van der Waals surface area contributed by atoms with Crippen LogP contribution in [0.5, 0.6) is 0 Å². The van der Waals surface area contributed by atoms with E-state index in [2.05, 4.69) is 20.3 Å². The molecule has 1 amide bonds. The van der Waals surface area contributed by atoms with Crippen LogP contribution >= 0.6 is 0 Å². The quantitative estimate of drug-likeness (QED) is 0.346. The van der Waals surface area contributed by atoms with E-state index in [1.807, 2.05) is 6.92 Å². The van der Waals surface area contributed by atoms with Crippen LogP contribution in [0.3, 0.4) is 0 Å². The first-order valence-corrected chi connectivity index (χ1v) is 6.05. The van der Waals surface area contributed by atoms with Gasteiger partial charge in [0.1, 0.15) is 16.9 Å². The fourth-order valence-corrected chi connectivity index (χ4v) is 1.23. The van der Waals surface area contributed by atoms with Gasteiger partial charge in [0.25, 0.3) is 0 Å². The Hall–Kier alpha value is -1.95. The SMILES string of the molecule is CCCC[C@H](NC(=O)OC(C)(C)C)C(=O)ON=[N+]=[N-]. The summed E-state index contributed by atoms with van der Waals surface area (Å²) in [6, 6.07) is -0.889. The Labute approximate surface area is 112 Å². The lowest BCUT2D eigenvalue weighted by Crippen LogP contribution is -2.43. The molecule has 0 aromatic heterocycles. The predicted molar refractivity (Wildman–Crippen MR) is 67.9 cm³/mol. The van der Waals surface area contributed by atoms with E-state index in [-0.39, 0.29) is 0 Å². The highest BCUT2D eigenvalue weighted by Gasteiger charge is 2.25. The minimum absolute atomic E-state index is 0.384. The monoisotopic (exact) mass is 272 g/mol. The summed E-state index contributed by atoms with van der Waals surface area (Å²) in [5, 5.41) is 5.12. The third-order valence-corrected chi connectivity index (χ3v) is 1.99. The normalized spacial score (nSPS) is 12.0. The van der Waals surface area contributed by atoms with Crippen molar-refractivity contribution in [3.63, 3.8) is 0 Å². The lowest BCUT2D eigenvalue weighted by Gasteiger charge is -2.22. The van der Waals surface area contributed by atoms with Crippen LogP contribution in [0.25, 0.3) is 10.4 Å². The zero-order chi connectivity index (χ0) is 14.9. The van der Waals surface area contributed by atoms with Gasteiger partial charge in [-0.2, -0.15) is 0 Å². The molecule has 0 aromatic rings. The van der Waals surface area contributed by atoms with Crippen molar-refractivity contribution >= 4 is 12.1 Å². The molecule has 0 unspecified atom stereocenters. The van der Waals surface area contributed by atoms with Gasteiger partial charge in [-0.1, -0.05) is 19.8 Å². The second-order valence-electron chi connectivity index (χ2n) is 4.92. The maximum atomic E-state index is 11.6. The summed E-state index contributed by atoms with van der Waals surface area (Å²) in [5.74, 6) is -0.808. The number of amides is 1. The molecule has 108 valence electrons. The molecule has 0 fully saturated rings. The molecule has 1 N–H and O–H groups in total. The Morgan fingerprint density at radius 2 is 2.05 bits per heavy atom. The van der Waals surface area contributed by atoms with Crippen molar-refractivity contribution in [1.29, 1.82) is 0 Å². The molecule has 0 spiro atoms. The van der Waals surface area contributed by atoms with E-state index in [9.17, 15) is 9.59 Å². The number of rotatable bonds is 6. The Bertz CT molecular complexity index is 358. The van der Waals surface area contributed by atoms with Gasteiger partial charge in [0.05, 0.1) is 0 Å². The molecule has 0 saturated heterocycles. The maximum Gasteiger partial charge on any atom is 0.408 e. The smallest absolute Gasteiger partial charge is 0.408 e. The molecule has 19 heavy (non-hydrogen) atoms. The van der Waals surface area contributed by atoms with Crippen LogP contribution in [-0.2, 0) is 14.4 Å². The van der Waals surface area contributed by atoms with E-state index in [1.165, 1.54) is 0 Å². The van der Waals surface area contributed by atoms with Crippen molar-refractivity contribution in [2.24, 2.45) is 5.28 Å². The molecule has 0 saturated carbocycles. The molecule has 8 nitrogen and oxygen atoms in total. The second-order valence-corrected chi connectivity index (χ2v) is 4.92. The van der Waals surface area contributed by atoms with Gasteiger partial charge in [0.15, 0.2) is 0 Å². The third kappa shape index (κ3) is 8.73. The maximum absolute atomic E-state index is 11.6. The third-order valence-electron chi connectivity index (χ3n) is 1.99. The number of carbonyl (C=O) groups is 2. The van der Waals surface area contributed by atoms with Crippen molar-refractivity contribution in [1.82, 2.24) is 5.32 Å². The Kier molecular flexibility index (Phi) is 7.36. The molecule has 0 radical (unpaired) electrons. The van der Waals surface area contributed by atoms with E-state index < -0.39 is 23.7 Å². The van der Waals surface area contributed by atoms with Crippen LogP contribution in [0.4, 0.5) is 4.79 Å². The molecule has 1 atom stereocenters. The van der Waals surface area contributed by atoms with Crippen LogP contribution in [0.15, 0.2) is 5.28 Å². The number of nitrogens with zero attached hydrogens (tertiary/aromatic N) is 3. The number of ether oxygens (including phenoxy) is 1. The van der Waals surface area contributed by atoms with Crippen molar-refractivity contribution in [2.75, 3.05) is 0 Å². The standard InChI is InChI=1S/C11H20N4O4/c1-5-6-7-8(9(16)19-15-14-12)13-10(17)18-11(2,3)4/h8H,5-7H2,1-4H3,(H,13,17)/t8-/m0/s1. The van der Waals surface area contributed by atoms with Crippen molar-refractivity contribution in [2.45, 2.75) is 58.6 Å². The van der Waals surface area contributed by atoms with Crippen LogP contribution in [0, 0.1) is 0 Å². The topological polar surface area (TPSA) is 113 Å². The van der Waals surface area contributed by atoms with E-state index in [1.54, 1.807) is 20.8 Å². The van der Waals surface area contributed by atoms with Gasteiger partial charge in [-0.15, -0.1) is 0 Å². The summed E-state index contributed by atoms with van der Waals surface area (Å²) in [7, 11) is 0. The summed E-state index contributed by atoms with van der Waals surface area (Å²) in [6.45, 7) is 7.09. The number of azide groups is 1. The first-order valence-electron chi connectivity index (χ1n) is 6.05. The number of nitrogens with one attached hydrogen (secondary N) is 1. The fraction of sp³-hybridized carbons (Fsp3) is 0.818. The Balaban J connectivity index is 4.53. The fourth-order valence-electron chi connectivity index (χ4n) is 1.23. The van der Waals surface area contributed by atoms with Gasteiger partial charge in [0, 0.05) is 4.91 Å². The average Bonchev–Trinajstić information content (AvgIpc) is 2.29. The highest BCUT2D eigenvalue weighted by Crippen LogP contribution is 2.09. The van der Waals surface area contributed by atoms with E-state index in [0.717, 1.165) is 6.42 Å². The highest BCUT2D eigenvalue weighted by molar-refractivity contribution is 5.81. The predicted octanol–water partition coefficient (Wildman–Crippen LogP) is 2.84. The largest absolute Gasteiger partial charge is 0.444 e. The van der Waals surface area contributed by atoms with Gasteiger partial charge < -0.3 is 14.9 Å². The lowest BCUT2D eigenvalue weighted by molar-refractivity contribution is -0.146. The zero-order valence-electron chi connectivity index (χ0n) is 11.7. The Morgan fingerprint density at radius 3 is 2.53 bits per heavy atom. The zero-order valence-corrected chi connectivity index (χ0v) is 11.7. The molecule has 0 aliphatic rings. The number of alkyl carbamates (subject to hydrolysis) is 1. The summed E-state index contributed by atoms with van der Waals surface area (Å²) < 4.78 is 5.04. The molecule has 0 bridgehead atoms. The van der Waals surface area contributed by atoms with E-state index >= 15 is 0 Å². The molecule has 8 heteroatoms. The van der Waals surface area contributed by atoms with Crippen LogP contribution in [0.1, 0.15) is 47.0 Å². The summed E-state index contributed by atoms with van der Waals surface area (Å²) in [4.78, 5) is 29.7. The van der Waals surface area contributed by atoms with Crippen LogP contribution in [-0.4, -0.2) is 23.7 Å². The second kappa shape index (κ2) is 8.20. The van der Waals surface area contributed by atoms with Crippen molar-refractivity contribution in [3.05, 3.63) is 10.4 Å². The highest BCUT2D eigenvalue weighted by atomic mass is 16.7. The van der Waals surface area contributed by atoms with Crippen molar-refractivity contribution in [3.8, 4) is 0 Å². The average molecular weight is 272 g/mol. The molecule has 0 rings (SSSR count). The van der Waals surface area contributed by atoms with Gasteiger partial charge in [-0.3, -0.25) is 0 Å². The molecule has 0 aliphatic carbocycles. The Morgan fingerprint density at radius 1 is 1.42 bits per heavy atom. The molecule has 0 aromatic carbocycles. The molecule has 0 aliphatic heterocycles. The number of unbranched alkanes of at least 4 members (excludes halogenated alkanes) is 1. The lowest BCUT2D eigenvalue weighted by atomic mass is 10.1. The summed E-state index contributed by atoms with van der Waals surface area (Å²) in [6.07, 6.45) is 1.23. The van der Waals surface area contributed by atoms with E-state index in [0.29, 0.717) is 12.8 Å². The number of hydrogen-bond donors (Lipinski definition) is 1. The van der Waals surface area contributed by atoms with Gasteiger partial charge >= 0.3 is 12.1 Å². The van der Waals surface area contributed by atoms with E-state index in [4.69, 9.17) is 10.3 Å². The summed E-state index contributed by atoms with van der Waals surface area (Å²) >= 11 is 0. The van der Waals surface area contributed by atoms with Crippen LogP contribution in [0.2, 0.25) is 0 Å². The molecular formula is C11H20N4O4. The van der Waals surface area contributed by atoms with Gasteiger partial charge in [-0.05, 0) is 32.7 Å². The van der Waals surface area contributed by atoms with Gasteiger partial charge in [-0.25, -0.2) is 9.59 Å². The first kappa shape index (κ1) is 17.1. The molecule has 0 heterocycles. The van der Waals surface area contributed by atoms with Crippen LogP contribution < -0.4 is 5.32 Å². The first-order chi connectivity index (χ1) is 8.80. The number of carbonyl (C=O) groups excluding carboxylic acids is 2.